The van der Waals surface area contributed by atoms with E-state index >= 15 is 0 Å². The van der Waals surface area contributed by atoms with E-state index < -0.39 is 35.8 Å². The molecular formula is C37H45ClN6O6. The first-order chi connectivity index (χ1) is 24.0. The third-order valence-corrected chi connectivity index (χ3v) is 8.96. The molecule has 266 valence electrons. The molecule has 2 aromatic carbocycles. The number of ether oxygens (including phenoxy) is 1. The van der Waals surface area contributed by atoms with Gasteiger partial charge in [0.05, 0.1) is 17.7 Å². The number of aromatic nitrogens is 1. The van der Waals surface area contributed by atoms with Crippen LogP contribution in [0, 0.1) is 5.92 Å². The number of rotatable bonds is 6. The molecule has 0 spiro atoms. The highest BCUT2D eigenvalue weighted by Crippen LogP contribution is 2.17. The van der Waals surface area contributed by atoms with E-state index in [0.29, 0.717) is 54.3 Å². The molecule has 5 rings (SSSR count). The van der Waals surface area contributed by atoms with E-state index in [9.17, 15) is 24.0 Å². The SMILES string of the molecule is CC[C@H](C)C1NC(=O)c2ccc(cc2)CN(C(=O)c2cncc(Cl)c2)CCCCNC(=O)[C@@H](C)NC(=O)[C@H](Cc2ccc(OC)cc2)NC1=O. The highest BCUT2D eigenvalue weighted by atomic mass is 35.5. The lowest BCUT2D eigenvalue weighted by molar-refractivity contribution is -0.132. The number of amides is 5. The predicted octanol–water partition coefficient (Wildman–Crippen LogP) is 3.67. The average Bonchev–Trinajstić information content (AvgIpc) is 3.12. The number of hydrogen-bond donors (Lipinski definition) is 4. The van der Waals surface area contributed by atoms with Crippen LogP contribution in [0.1, 0.15) is 71.9 Å². The van der Waals surface area contributed by atoms with Crippen molar-refractivity contribution in [1.82, 2.24) is 31.2 Å². The van der Waals surface area contributed by atoms with Crippen molar-refractivity contribution in [3.05, 3.63) is 94.3 Å². The molecule has 3 heterocycles. The largest absolute Gasteiger partial charge is 0.497 e. The Kier molecular flexibility index (Phi) is 13.7. The molecule has 4 N–H and O–H groups in total. The number of benzene rings is 2. The van der Waals surface area contributed by atoms with Crippen LogP contribution in [0.2, 0.25) is 5.02 Å². The van der Waals surface area contributed by atoms with Crippen LogP contribution in [0.4, 0.5) is 0 Å². The summed E-state index contributed by atoms with van der Waals surface area (Å²) in [5, 5.41) is 11.6. The topological polar surface area (TPSA) is 159 Å². The minimum atomic E-state index is -1.04. The van der Waals surface area contributed by atoms with Gasteiger partial charge in [0.25, 0.3) is 11.8 Å². The lowest BCUT2D eigenvalue weighted by Gasteiger charge is -2.27. The second-order valence-corrected chi connectivity index (χ2v) is 12.9. The highest BCUT2D eigenvalue weighted by molar-refractivity contribution is 6.30. The van der Waals surface area contributed by atoms with Gasteiger partial charge in [0.1, 0.15) is 23.9 Å². The van der Waals surface area contributed by atoms with E-state index in [1.54, 1.807) is 73.5 Å². The molecule has 1 aromatic heterocycles. The summed E-state index contributed by atoms with van der Waals surface area (Å²) in [6.45, 7) is 6.29. The number of halogens is 1. The number of pyridine rings is 1. The number of fused-ring (bicyclic) bond motifs is 18. The molecule has 1 unspecified atom stereocenters. The number of nitrogens with one attached hydrogen (secondary N) is 4. The zero-order valence-corrected chi connectivity index (χ0v) is 29.6. The van der Waals surface area contributed by atoms with Gasteiger partial charge in [-0.2, -0.15) is 0 Å². The van der Waals surface area contributed by atoms with Crippen molar-refractivity contribution in [2.75, 3.05) is 20.2 Å². The molecule has 5 amide bonds. The quantitative estimate of drug-likeness (QED) is 0.285. The maximum atomic E-state index is 13.8. The van der Waals surface area contributed by atoms with E-state index in [-0.39, 0.29) is 30.7 Å². The molecule has 3 aromatic rings. The summed E-state index contributed by atoms with van der Waals surface area (Å²) in [5.74, 6) is -1.79. The number of nitrogens with zero attached hydrogens (tertiary/aromatic N) is 2. The molecule has 13 heteroatoms. The second kappa shape index (κ2) is 18.1. The van der Waals surface area contributed by atoms with Crippen molar-refractivity contribution in [3.8, 4) is 5.75 Å². The van der Waals surface area contributed by atoms with Crippen LogP contribution in [-0.2, 0) is 27.3 Å². The maximum absolute atomic E-state index is 13.8. The van der Waals surface area contributed by atoms with Gasteiger partial charge < -0.3 is 30.9 Å². The van der Waals surface area contributed by atoms with Gasteiger partial charge in [-0.15, -0.1) is 0 Å². The van der Waals surface area contributed by atoms with E-state index in [4.69, 9.17) is 16.3 Å². The van der Waals surface area contributed by atoms with Crippen LogP contribution in [0.5, 0.6) is 5.75 Å². The molecule has 2 aliphatic rings. The number of hydrogen-bond acceptors (Lipinski definition) is 7. The molecule has 0 aliphatic carbocycles. The molecule has 0 saturated carbocycles. The summed E-state index contributed by atoms with van der Waals surface area (Å²) in [5.41, 5.74) is 2.23. The summed E-state index contributed by atoms with van der Waals surface area (Å²) in [7, 11) is 1.55. The fourth-order valence-corrected chi connectivity index (χ4v) is 5.69. The van der Waals surface area contributed by atoms with E-state index in [1.165, 1.54) is 12.4 Å². The zero-order valence-electron chi connectivity index (χ0n) is 28.8. The molecule has 4 atom stereocenters. The highest BCUT2D eigenvalue weighted by Gasteiger charge is 2.31. The van der Waals surface area contributed by atoms with E-state index in [2.05, 4.69) is 26.3 Å². The third-order valence-electron chi connectivity index (χ3n) is 8.75. The number of carbonyl (C=O) groups is 5. The van der Waals surface area contributed by atoms with Crippen LogP contribution in [-0.4, -0.2) is 77.7 Å². The van der Waals surface area contributed by atoms with Crippen molar-refractivity contribution in [3.63, 3.8) is 0 Å². The summed E-state index contributed by atoms with van der Waals surface area (Å²) in [6, 6.07) is 12.6. The summed E-state index contributed by atoms with van der Waals surface area (Å²) >= 11 is 6.11. The third kappa shape index (κ3) is 10.5. The molecule has 0 radical (unpaired) electrons. The Morgan fingerprint density at radius 2 is 1.68 bits per heavy atom. The Labute approximate surface area is 297 Å². The van der Waals surface area contributed by atoms with Gasteiger partial charge in [-0.1, -0.05) is 56.1 Å². The van der Waals surface area contributed by atoms with Crippen molar-refractivity contribution in [2.45, 2.75) is 71.1 Å². The van der Waals surface area contributed by atoms with Crippen molar-refractivity contribution in [1.29, 1.82) is 0 Å². The van der Waals surface area contributed by atoms with Gasteiger partial charge in [-0.3, -0.25) is 29.0 Å². The second-order valence-electron chi connectivity index (χ2n) is 12.5. The Balaban J connectivity index is 1.61. The predicted molar refractivity (Wildman–Crippen MR) is 190 cm³/mol. The van der Waals surface area contributed by atoms with Crippen molar-refractivity contribution >= 4 is 41.1 Å². The normalized spacial score (nSPS) is 20.4. The standard InChI is InChI=1S/C37H45ClN6O6/c1-5-23(2)32-36(48)42-31(18-25-10-14-30(50-4)15-11-25)35(47)41-24(3)33(45)40-16-6-7-17-44(37(49)28-19-29(38)21-39-20-28)22-26-8-12-27(13-9-26)34(46)43-32/h8-15,19-21,23-24,31-32H,5-7,16-18,22H2,1-4H3,(H,40,45)(H,41,47)(H,42,48)(H,43,46)/t23-,24+,31-,32?/m0/s1. The van der Waals surface area contributed by atoms with Gasteiger partial charge in [-0.25, -0.2) is 0 Å². The van der Waals surface area contributed by atoms with Crippen LogP contribution in [0.15, 0.2) is 67.0 Å². The molecule has 0 fully saturated rings. The van der Waals surface area contributed by atoms with Crippen LogP contribution in [0.3, 0.4) is 0 Å². The van der Waals surface area contributed by atoms with E-state index in [0.717, 1.165) is 11.1 Å². The Morgan fingerprint density at radius 3 is 2.34 bits per heavy atom. The number of carbonyl (C=O) groups excluding carboxylic acids is 5. The molecule has 50 heavy (non-hydrogen) atoms. The van der Waals surface area contributed by atoms with Gasteiger partial charge in [0.15, 0.2) is 0 Å². The maximum Gasteiger partial charge on any atom is 0.255 e. The molecular weight excluding hydrogens is 660 g/mol. The Hall–Kier alpha value is -4.97. The van der Waals surface area contributed by atoms with Crippen molar-refractivity contribution < 1.29 is 28.7 Å². The smallest absolute Gasteiger partial charge is 0.255 e. The Morgan fingerprint density at radius 1 is 0.960 bits per heavy atom. The number of methoxy groups -OCH3 is 1. The lowest BCUT2D eigenvalue weighted by Crippen LogP contribution is -2.58. The fourth-order valence-electron chi connectivity index (χ4n) is 5.51. The lowest BCUT2D eigenvalue weighted by atomic mass is 9.96. The van der Waals surface area contributed by atoms with Gasteiger partial charge in [0, 0.05) is 44.0 Å². The minimum absolute atomic E-state index is 0.138. The van der Waals surface area contributed by atoms with Crippen molar-refractivity contribution in [2.24, 2.45) is 5.92 Å². The van der Waals surface area contributed by atoms with Crippen LogP contribution >= 0.6 is 11.6 Å². The molecule has 12 nitrogen and oxygen atoms in total. The van der Waals surface area contributed by atoms with Gasteiger partial charge in [-0.05, 0) is 67.1 Å². The van der Waals surface area contributed by atoms with Gasteiger partial charge >= 0.3 is 0 Å². The molecule has 2 aliphatic heterocycles. The summed E-state index contributed by atoms with van der Waals surface area (Å²) < 4.78 is 5.25. The first-order valence-corrected chi connectivity index (χ1v) is 17.2. The average molecular weight is 705 g/mol. The van der Waals surface area contributed by atoms with Gasteiger partial charge in [0.2, 0.25) is 17.7 Å². The first kappa shape index (κ1) is 37.8. The van der Waals surface area contributed by atoms with Crippen LogP contribution in [0.25, 0.3) is 0 Å². The monoisotopic (exact) mass is 704 g/mol. The first-order valence-electron chi connectivity index (χ1n) is 16.8. The zero-order chi connectivity index (χ0) is 36.2. The summed E-state index contributed by atoms with van der Waals surface area (Å²) in [4.78, 5) is 73.1. The fraction of sp³-hybridized carbons (Fsp3) is 0.405. The van der Waals surface area contributed by atoms with E-state index in [1.807, 2.05) is 13.8 Å². The van der Waals surface area contributed by atoms with Crippen LogP contribution < -0.4 is 26.0 Å². The Bertz CT molecular complexity index is 1650. The minimum Gasteiger partial charge on any atom is -0.497 e. The summed E-state index contributed by atoms with van der Waals surface area (Å²) in [6.07, 6.45) is 4.78. The molecule has 2 bridgehead atoms. The molecule has 0 saturated heterocycles.